The van der Waals surface area contributed by atoms with Crippen molar-refractivity contribution in [1.29, 1.82) is 0 Å². The Labute approximate surface area is 145 Å². The van der Waals surface area contributed by atoms with Crippen molar-refractivity contribution in [3.05, 3.63) is 26.7 Å². The van der Waals surface area contributed by atoms with Crippen LogP contribution in [0.1, 0.15) is 31.5 Å². The lowest BCUT2D eigenvalue weighted by Crippen LogP contribution is -2.38. The number of aromatic nitrogens is 5. The first-order valence-corrected chi connectivity index (χ1v) is 8.80. The van der Waals surface area contributed by atoms with E-state index in [1.807, 2.05) is 0 Å². The van der Waals surface area contributed by atoms with Gasteiger partial charge in [-0.1, -0.05) is 6.42 Å². The topological polar surface area (TPSA) is 97.9 Å². The van der Waals surface area contributed by atoms with Crippen LogP contribution in [-0.4, -0.2) is 55.4 Å². The minimum absolute atomic E-state index is 0.171. The van der Waals surface area contributed by atoms with Gasteiger partial charge in [-0.05, 0) is 45.4 Å². The summed E-state index contributed by atoms with van der Waals surface area (Å²) in [4.78, 5) is 30.9. The molecule has 0 saturated carbocycles. The Morgan fingerprint density at radius 3 is 2.56 bits per heavy atom. The smallest absolute Gasteiger partial charge is 0.310 e. The molecule has 0 atom stereocenters. The molecule has 0 radical (unpaired) electrons. The van der Waals surface area contributed by atoms with Crippen LogP contribution in [0.2, 0.25) is 0 Å². The van der Waals surface area contributed by atoms with Crippen LogP contribution in [0.25, 0.3) is 11.2 Å². The normalized spacial score (nSPS) is 15.8. The van der Waals surface area contributed by atoms with E-state index in [1.165, 1.54) is 44.0 Å². The molecular formula is C16H25N7O2. The van der Waals surface area contributed by atoms with Crippen molar-refractivity contribution >= 4 is 11.2 Å². The number of nitrogens with zero attached hydrogens (tertiary/aromatic N) is 6. The van der Waals surface area contributed by atoms with Crippen LogP contribution in [0.3, 0.4) is 0 Å². The summed E-state index contributed by atoms with van der Waals surface area (Å²) in [7, 11) is 2.99. The van der Waals surface area contributed by atoms with Gasteiger partial charge in [0.2, 0.25) is 0 Å². The van der Waals surface area contributed by atoms with Crippen molar-refractivity contribution in [3.8, 4) is 0 Å². The van der Waals surface area contributed by atoms with E-state index in [4.69, 9.17) is 0 Å². The van der Waals surface area contributed by atoms with Gasteiger partial charge >= 0.3 is 5.69 Å². The van der Waals surface area contributed by atoms with E-state index >= 15 is 0 Å². The molecule has 136 valence electrons. The second-order valence-electron chi connectivity index (χ2n) is 6.54. The van der Waals surface area contributed by atoms with Crippen molar-refractivity contribution in [2.45, 2.75) is 32.2 Å². The molecule has 2 aromatic rings. The standard InChI is InChI=1S/C16H25N7O2/c1-21-14-13(15(24)22(2)16(21)25)18-12(19-20-14)11-17-7-6-10-23-8-4-3-5-9-23/h17H,3-11H2,1-2H3. The zero-order chi connectivity index (χ0) is 17.8. The Morgan fingerprint density at radius 1 is 1.04 bits per heavy atom. The minimum atomic E-state index is -0.445. The Hall–Kier alpha value is -2.13. The molecule has 1 N–H and O–H groups in total. The lowest BCUT2D eigenvalue weighted by atomic mass is 10.1. The van der Waals surface area contributed by atoms with Crippen LogP contribution >= 0.6 is 0 Å². The van der Waals surface area contributed by atoms with Gasteiger partial charge in [-0.25, -0.2) is 9.78 Å². The number of fused-ring (bicyclic) bond motifs is 1. The lowest BCUT2D eigenvalue weighted by Gasteiger charge is -2.26. The van der Waals surface area contributed by atoms with Crippen LogP contribution in [0.5, 0.6) is 0 Å². The number of hydrogen-bond acceptors (Lipinski definition) is 7. The molecule has 2 aromatic heterocycles. The molecule has 0 bridgehead atoms. The summed E-state index contributed by atoms with van der Waals surface area (Å²) < 4.78 is 2.32. The SMILES string of the molecule is Cn1c(=O)c2nc(CNCCCN3CCCCC3)nnc2n(C)c1=O. The molecule has 9 nitrogen and oxygen atoms in total. The highest BCUT2D eigenvalue weighted by Crippen LogP contribution is 2.08. The van der Waals surface area contributed by atoms with E-state index in [9.17, 15) is 9.59 Å². The lowest BCUT2D eigenvalue weighted by molar-refractivity contribution is 0.225. The maximum Gasteiger partial charge on any atom is 0.332 e. The van der Waals surface area contributed by atoms with Crippen LogP contribution in [0.15, 0.2) is 9.59 Å². The first-order valence-electron chi connectivity index (χ1n) is 8.80. The third-order valence-corrected chi connectivity index (χ3v) is 4.67. The molecule has 1 aliphatic heterocycles. The zero-order valence-corrected chi connectivity index (χ0v) is 14.9. The van der Waals surface area contributed by atoms with Crippen molar-refractivity contribution in [1.82, 2.24) is 34.5 Å². The summed E-state index contributed by atoms with van der Waals surface area (Å²) in [5.41, 5.74) is -0.497. The third kappa shape index (κ3) is 3.93. The van der Waals surface area contributed by atoms with Crippen LogP contribution in [0, 0.1) is 0 Å². The van der Waals surface area contributed by atoms with E-state index in [1.54, 1.807) is 7.05 Å². The highest BCUT2D eigenvalue weighted by Gasteiger charge is 2.13. The monoisotopic (exact) mass is 347 g/mol. The molecular weight excluding hydrogens is 322 g/mol. The predicted octanol–water partition coefficient (Wildman–Crippen LogP) is -0.612. The van der Waals surface area contributed by atoms with Gasteiger partial charge in [0.25, 0.3) is 5.56 Å². The average molecular weight is 347 g/mol. The molecule has 3 rings (SSSR count). The molecule has 0 unspecified atom stereocenters. The predicted molar refractivity (Wildman–Crippen MR) is 94.4 cm³/mol. The van der Waals surface area contributed by atoms with Crippen molar-refractivity contribution in [2.75, 3.05) is 26.2 Å². The van der Waals surface area contributed by atoms with E-state index in [0.717, 1.165) is 24.1 Å². The van der Waals surface area contributed by atoms with Crippen LogP contribution < -0.4 is 16.6 Å². The largest absolute Gasteiger partial charge is 0.332 e. The molecule has 0 spiro atoms. The fourth-order valence-electron chi connectivity index (χ4n) is 3.17. The van der Waals surface area contributed by atoms with Crippen LogP contribution in [-0.2, 0) is 20.6 Å². The van der Waals surface area contributed by atoms with Gasteiger partial charge < -0.3 is 10.2 Å². The maximum atomic E-state index is 12.2. The van der Waals surface area contributed by atoms with Gasteiger partial charge in [-0.3, -0.25) is 13.9 Å². The molecule has 1 saturated heterocycles. The summed E-state index contributed by atoms with van der Waals surface area (Å²) in [6.45, 7) is 4.84. The average Bonchev–Trinajstić information content (AvgIpc) is 2.65. The van der Waals surface area contributed by atoms with Crippen molar-refractivity contribution in [3.63, 3.8) is 0 Å². The van der Waals surface area contributed by atoms with Gasteiger partial charge in [0.1, 0.15) is 0 Å². The zero-order valence-electron chi connectivity index (χ0n) is 14.9. The Morgan fingerprint density at radius 2 is 1.80 bits per heavy atom. The van der Waals surface area contributed by atoms with Gasteiger partial charge in [0, 0.05) is 14.1 Å². The second kappa shape index (κ2) is 7.83. The molecule has 1 aliphatic rings. The first kappa shape index (κ1) is 17.7. The molecule has 25 heavy (non-hydrogen) atoms. The molecule has 9 heteroatoms. The summed E-state index contributed by atoms with van der Waals surface area (Å²) in [6.07, 6.45) is 5.03. The van der Waals surface area contributed by atoms with Gasteiger partial charge in [-0.2, -0.15) is 0 Å². The van der Waals surface area contributed by atoms with E-state index in [0.29, 0.717) is 12.4 Å². The Kier molecular flexibility index (Phi) is 5.54. The number of likely N-dealkylation sites (tertiary alicyclic amines) is 1. The van der Waals surface area contributed by atoms with E-state index in [2.05, 4.69) is 25.4 Å². The summed E-state index contributed by atoms with van der Waals surface area (Å²) >= 11 is 0. The fraction of sp³-hybridized carbons (Fsp3) is 0.688. The quantitative estimate of drug-likeness (QED) is 0.696. The molecule has 0 amide bonds. The highest BCUT2D eigenvalue weighted by atomic mass is 16.2. The van der Waals surface area contributed by atoms with Crippen LogP contribution in [0.4, 0.5) is 0 Å². The molecule has 0 aliphatic carbocycles. The third-order valence-electron chi connectivity index (χ3n) is 4.67. The second-order valence-corrected chi connectivity index (χ2v) is 6.54. The Bertz CT molecular complexity index is 852. The molecule has 1 fully saturated rings. The molecule has 0 aromatic carbocycles. The van der Waals surface area contributed by atoms with E-state index in [-0.39, 0.29) is 11.2 Å². The maximum absolute atomic E-state index is 12.2. The van der Waals surface area contributed by atoms with Crippen molar-refractivity contribution < 1.29 is 0 Å². The fourth-order valence-corrected chi connectivity index (χ4v) is 3.17. The number of piperidine rings is 1. The summed E-state index contributed by atoms with van der Waals surface area (Å²) in [5.74, 6) is 0.459. The van der Waals surface area contributed by atoms with Crippen molar-refractivity contribution in [2.24, 2.45) is 14.1 Å². The number of rotatable bonds is 6. The van der Waals surface area contributed by atoms with Gasteiger partial charge in [-0.15, -0.1) is 10.2 Å². The first-order chi connectivity index (χ1) is 12.1. The highest BCUT2D eigenvalue weighted by molar-refractivity contribution is 5.67. The number of hydrogen-bond donors (Lipinski definition) is 1. The number of aryl methyl sites for hydroxylation is 1. The van der Waals surface area contributed by atoms with Gasteiger partial charge in [0.05, 0.1) is 6.54 Å². The molecule has 3 heterocycles. The Balaban J connectivity index is 1.59. The van der Waals surface area contributed by atoms with Gasteiger partial charge in [0.15, 0.2) is 17.0 Å². The minimum Gasteiger partial charge on any atom is -0.310 e. The summed E-state index contributed by atoms with van der Waals surface area (Å²) in [5, 5.41) is 11.3. The summed E-state index contributed by atoms with van der Waals surface area (Å²) in [6, 6.07) is 0. The number of nitrogens with one attached hydrogen (secondary N) is 1. The van der Waals surface area contributed by atoms with E-state index < -0.39 is 11.2 Å².